The number of rotatable bonds is 7. The second-order valence-corrected chi connectivity index (χ2v) is 11.5. The summed E-state index contributed by atoms with van der Waals surface area (Å²) in [5, 5.41) is 9.40. The summed E-state index contributed by atoms with van der Waals surface area (Å²) in [6, 6.07) is 12.8. The summed E-state index contributed by atoms with van der Waals surface area (Å²) >= 11 is 0. The number of nitrogens with two attached hydrogens (primary N) is 4. The van der Waals surface area contributed by atoms with E-state index in [9.17, 15) is 19.2 Å². The third-order valence-corrected chi connectivity index (χ3v) is 8.19. The number of nitrogens with one attached hydrogen (secondary N) is 2. The maximum Gasteiger partial charge on any atom is 0.270 e. The van der Waals surface area contributed by atoms with E-state index in [1.54, 1.807) is 11.1 Å². The lowest BCUT2D eigenvalue weighted by Gasteiger charge is -2.24. The number of fused-ring (bicyclic) bond motifs is 2. The number of hydrogen-bond donors (Lipinski definition) is 6. The highest BCUT2D eigenvalue weighted by atomic mass is 16.2. The molecular weight excluding hydrogens is 576 g/mol. The number of aromatic nitrogens is 2. The van der Waals surface area contributed by atoms with Gasteiger partial charge >= 0.3 is 0 Å². The second-order valence-electron chi connectivity index (χ2n) is 11.5. The van der Waals surface area contributed by atoms with Crippen molar-refractivity contribution in [2.45, 2.75) is 44.7 Å². The van der Waals surface area contributed by atoms with Crippen molar-refractivity contribution in [3.05, 3.63) is 108 Å². The van der Waals surface area contributed by atoms with E-state index in [1.807, 2.05) is 36.4 Å². The first-order valence-corrected chi connectivity index (χ1v) is 14.2. The van der Waals surface area contributed by atoms with E-state index < -0.39 is 22.7 Å². The van der Waals surface area contributed by atoms with Gasteiger partial charge in [0.05, 0.1) is 12.3 Å². The third kappa shape index (κ3) is 5.75. The topological polar surface area (TPSA) is 238 Å². The molecule has 10 N–H and O–H groups in total. The zero-order valence-corrected chi connectivity index (χ0v) is 24.8. The minimum Gasteiger partial charge on any atom is -0.394 e. The molecule has 4 aromatic rings. The molecular formula is C31H34N10O4. The molecule has 1 aliphatic heterocycles. The summed E-state index contributed by atoms with van der Waals surface area (Å²) in [5.74, 6) is 12.4. The average Bonchev–Trinajstić information content (AvgIpc) is 3.57. The van der Waals surface area contributed by atoms with Crippen molar-refractivity contribution in [1.29, 1.82) is 0 Å². The molecule has 1 unspecified atom stereocenters. The van der Waals surface area contributed by atoms with Crippen LogP contribution in [0.2, 0.25) is 0 Å². The smallest absolute Gasteiger partial charge is 0.270 e. The fourth-order valence-electron chi connectivity index (χ4n) is 5.98. The number of nitrogen functional groups attached to an aromatic ring is 1. The minimum absolute atomic E-state index is 0.0280. The number of nitrogens with zero attached hydrogens (tertiary/aromatic N) is 4. The van der Waals surface area contributed by atoms with Crippen molar-refractivity contribution in [2.24, 2.45) is 22.6 Å². The first kappa shape index (κ1) is 31.0. The summed E-state index contributed by atoms with van der Waals surface area (Å²) in [5.41, 5.74) is 10.3. The molecule has 1 aliphatic carbocycles. The van der Waals surface area contributed by atoms with E-state index in [4.69, 9.17) is 11.6 Å². The first-order valence-electron chi connectivity index (χ1n) is 14.2. The van der Waals surface area contributed by atoms with Gasteiger partial charge in [0.1, 0.15) is 29.1 Å². The van der Waals surface area contributed by atoms with Crippen molar-refractivity contribution in [3.8, 4) is 0 Å². The molecule has 0 saturated heterocycles. The van der Waals surface area contributed by atoms with Gasteiger partial charge in [0.15, 0.2) is 0 Å². The lowest BCUT2D eigenvalue weighted by molar-refractivity contribution is 0.0931. The number of hydrazone groups is 1. The first-order chi connectivity index (χ1) is 21.6. The summed E-state index contributed by atoms with van der Waals surface area (Å²) in [6.07, 6.45) is 4.32. The van der Waals surface area contributed by atoms with Crippen molar-refractivity contribution in [1.82, 2.24) is 20.6 Å². The zero-order chi connectivity index (χ0) is 32.5. The van der Waals surface area contributed by atoms with Crippen LogP contribution in [-0.4, -0.2) is 34.5 Å². The Labute approximate surface area is 258 Å². The van der Waals surface area contributed by atoms with E-state index in [2.05, 4.69) is 51.2 Å². The van der Waals surface area contributed by atoms with Crippen LogP contribution in [-0.2, 0) is 18.4 Å². The highest BCUT2D eigenvalue weighted by molar-refractivity contribution is 5.97. The van der Waals surface area contributed by atoms with Crippen LogP contribution in [0, 0.1) is 0 Å². The molecule has 14 nitrogen and oxygen atoms in total. The van der Waals surface area contributed by atoms with E-state index >= 15 is 0 Å². The predicted octanol–water partition coefficient (Wildman–Crippen LogP) is 0.543. The lowest BCUT2D eigenvalue weighted by Crippen LogP contribution is -2.41. The Balaban J connectivity index is 0.00000196. The van der Waals surface area contributed by atoms with Crippen LogP contribution < -0.4 is 49.7 Å². The van der Waals surface area contributed by atoms with Gasteiger partial charge in [0.25, 0.3) is 22.7 Å². The van der Waals surface area contributed by atoms with Gasteiger partial charge in [-0.2, -0.15) is 5.10 Å². The number of hydrogen-bond acceptors (Lipinski definition) is 12. The Bertz CT molecular complexity index is 1890. The number of anilines is 3. The number of aryl methyl sites for hydroxylation is 1. The quantitative estimate of drug-likeness (QED) is 0.0730. The maximum atomic E-state index is 13.0. The van der Waals surface area contributed by atoms with Gasteiger partial charge in [-0.3, -0.25) is 30.9 Å². The number of benzene rings is 2. The van der Waals surface area contributed by atoms with Crippen LogP contribution in [0.15, 0.2) is 63.5 Å². The van der Waals surface area contributed by atoms with E-state index in [0.29, 0.717) is 6.54 Å². The number of hydrazine groups is 1. The van der Waals surface area contributed by atoms with Crippen molar-refractivity contribution in [2.75, 3.05) is 17.2 Å². The predicted molar refractivity (Wildman–Crippen MR) is 171 cm³/mol. The monoisotopic (exact) mass is 610 g/mol. The van der Waals surface area contributed by atoms with Gasteiger partial charge in [-0.25, -0.2) is 9.97 Å². The molecule has 0 fully saturated rings. The minimum atomic E-state index is -0.664. The van der Waals surface area contributed by atoms with Gasteiger partial charge in [0, 0.05) is 30.3 Å². The highest BCUT2D eigenvalue weighted by Gasteiger charge is 2.39. The van der Waals surface area contributed by atoms with Gasteiger partial charge in [-0.05, 0) is 52.8 Å². The van der Waals surface area contributed by atoms with Crippen LogP contribution in [0.25, 0.3) is 0 Å². The maximum absolute atomic E-state index is 13.0. The van der Waals surface area contributed by atoms with Gasteiger partial charge in [-0.1, -0.05) is 38.1 Å². The van der Waals surface area contributed by atoms with E-state index in [0.717, 1.165) is 46.3 Å². The third-order valence-electron chi connectivity index (χ3n) is 8.19. The molecule has 3 aromatic carbocycles. The van der Waals surface area contributed by atoms with Crippen LogP contribution >= 0.6 is 0 Å². The van der Waals surface area contributed by atoms with Gasteiger partial charge in [0.2, 0.25) is 0 Å². The van der Waals surface area contributed by atoms with Gasteiger partial charge in [-0.15, -0.1) is 0 Å². The molecule has 14 heteroatoms. The molecule has 232 valence electrons. The van der Waals surface area contributed by atoms with Crippen molar-refractivity contribution >= 4 is 35.1 Å². The molecule has 0 radical (unpaired) electrons. The SMILES string of the molecule is CC1(C)CN(c2c(N)c(=O)c2=O)c2cc(CNC(=O)c3cc(C(=O)NC4CCc5cc(/C=N/N)ccc54)ncn3)ccc21.NN. The normalized spacial score (nSPS) is 16.2. The zero-order valence-electron chi connectivity index (χ0n) is 24.8. The van der Waals surface area contributed by atoms with Gasteiger partial charge < -0.3 is 27.1 Å². The average molecular weight is 611 g/mol. The lowest BCUT2D eigenvalue weighted by atomic mass is 9.86. The molecule has 0 saturated carbocycles. The second kappa shape index (κ2) is 12.3. The fraction of sp³-hybridized carbons (Fsp3) is 0.258. The van der Waals surface area contributed by atoms with E-state index in [-0.39, 0.29) is 40.8 Å². The number of carbonyl (C=O) groups is 2. The Morgan fingerprint density at radius 2 is 1.78 bits per heavy atom. The number of carbonyl (C=O) groups excluding carboxylic acids is 2. The summed E-state index contributed by atoms with van der Waals surface area (Å²) in [4.78, 5) is 60.0. The molecule has 2 aliphatic rings. The number of amides is 2. The largest absolute Gasteiger partial charge is 0.394 e. The fourth-order valence-corrected chi connectivity index (χ4v) is 5.98. The van der Waals surface area contributed by atoms with Crippen LogP contribution in [0.3, 0.4) is 0 Å². The molecule has 1 aromatic heterocycles. The summed E-state index contributed by atoms with van der Waals surface area (Å²) in [7, 11) is 0. The Hall–Kier alpha value is -5.47. The molecule has 0 bridgehead atoms. The van der Waals surface area contributed by atoms with Crippen molar-refractivity contribution in [3.63, 3.8) is 0 Å². The van der Waals surface area contributed by atoms with Crippen molar-refractivity contribution < 1.29 is 9.59 Å². The Morgan fingerprint density at radius 3 is 2.49 bits per heavy atom. The molecule has 6 rings (SSSR count). The van der Waals surface area contributed by atoms with E-state index in [1.165, 1.54) is 12.4 Å². The molecule has 45 heavy (non-hydrogen) atoms. The van der Waals surface area contributed by atoms with Crippen LogP contribution in [0.1, 0.15) is 75.1 Å². The summed E-state index contributed by atoms with van der Waals surface area (Å²) < 4.78 is 0. The molecule has 0 spiro atoms. The molecule has 2 amide bonds. The Kier molecular flexibility index (Phi) is 8.44. The molecule has 1 atom stereocenters. The molecule has 2 heterocycles. The summed E-state index contributed by atoms with van der Waals surface area (Å²) in [6.45, 7) is 4.77. The van der Waals surface area contributed by atoms with Crippen LogP contribution in [0.5, 0.6) is 0 Å². The Morgan fingerprint density at radius 1 is 1.04 bits per heavy atom. The van der Waals surface area contributed by atoms with Crippen LogP contribution in [0.4, 0.5) is 17.1 Å². The highest BCUT2D eigenvalue weighted by Crippen LogP contribution is 2.45. The standard InChI is InChI=1S/C31H30N8O4.H4N2/c1-31(2)14-39(26-25(32)27(40)28(26)41)24-10-17(4-7-20(24)31)12-34-29(42)22-11-23(36-15-35-22)30(43)38-21-8-5-18-9-16(13-37-33)3-6-19(18)21;1-2/h3-4,6-7,9-11,13,15,21H,5,8,12,14,32-33H2,1-2H3,(H,34,42)(H,38,43);1-2H2/b37-13+;.